The van der Waals surface area contributed by atoms with E-state index in [-0.39, 0.29) is 11.6 Å². The van der Waals surface area contributed by atoms with Crippen molar-refractivity contribution in [3.05, 3.63) is 58.1 Å². The molecule has 0 aliphatic heterocycles. The number of rotatable bonds is 2. The molecule has 0 saturated heterocycles. The molecule has 2 aromatic rings. The number of benzene rings is 1. The van der Waals surface area contributed by atoms with E-state index in [0.717, 1.165) is 12.8 Å². The fraction of sp³-hybridized carbons (Fsp3) is 0.231. The molecule has 1 aromatic carbocycles. The average Bonchev–Trinajstić information content (AvgIpc) is 2.76. The summed E-state index contributed by atoms with van der Waals surface area (Å²) in [6.45, 7) is 0. The van der Waals surface area contributed by atoms with Gasteiger partial charge in [0.15, 0.2) is 5.82 Å². The molecule has 4 nitrogen and oxygen atoms in total. The molecule has 1 atom stereocenters. The summed E-state index contributed by atoms with van der Waals surface area (Å²) >= 11 is 0. The van der Waals surface area contributed by atoms with Crippen LogP contribution in [0.15, 0.2) is 41.5 Å². The maximum atomic E-state index is 11.5. The Kier molecular flexibility index (Phi) is 2.40. The fourth-order valence-electron chi connectivity index (χ4n) is 2.33. The Labute approximate surface area is 98.7 Å². The van der Waals surface area contributed by atoms with Gasteiger partial charge in [0.25, 0.3) is 5.56 Å². The van der Waals surface area contributed by atoms with Gasteiger partial charge in [-0.3, -0.25) is 4.79 Å². The Morgan fingerprint density at radius 3 is 3.12 bits per heavy atom. The normalized spacial score (nSPS) is 17.8. The van der Waals surface area contributed by atoms with Crippen molar-refractivity contribution in [2.75, 3.05) is 5.32 Å². The molecule has 3 rings (SSSR count). The Morgan fingerprint density at radius 1 is 1.35 bits per heavy atom. The summed E-state index contributed by atoms with van der Waals surface area (Å²) in [6.07, 6.45) is 5.19. The van der Waals surface area contributed by atoms with Gasteiger partial charge >= 0.3 is 0 Å². The largest absolute Gasteiger partial charge is 0.359 e. The van der Waals surface area contributed by atoms with Gasteiger partial charge < -0.3 is 10.3 Å². The van der Waals surface area contributed by atoms with E-state index < -0.39 is 0 Å². The molecular weight excluding hydrogens is 214 g/mol. The molecule has 1 aromatic heterocycles. The first kappa shape index (κ1) is 10.1. The Bertz CT molecular complexity index is 591. The molecule has 0 radical (unpaired) electrons. The minimum absolute atomic E-state index is 0.170. The molecule has 4 heteroatoms. The predicted octanol–water partition coefficient (Wildman–Crippen LogP) is 1.87. The van der Waals surface area contributed by atoms with Crippen LogP contribution < -0.4 is 10.9 Å². The lowest BCUT2D eigenvalue weighted by molar-refractivity contribution is 0.754. The van der Waals surface area contributed by atoms with E-state index in [9.17, 15) is 4.79 Å². The van der Waals surface area contributed by atoms with E-state index in [1.54, 1.807) is 6.20 Å². The molecule has 1 unspecified atom stereocenters. The summed E-state index contributed by atoms with van der Waals surface area (Å²) in [5.74, 6) is 0.397. The van der Waals surface area contributed by atoms with Crippen LogP contribution >= 0.6 is 0 Å². The average molecular weight is 227 g/mol. The zero-order valence-corrected chi connectivity index (χ0v) is 9.31. The fourth-order valence-corrected chi connectivity index (χ4v) is 2.33. The minimum atomic E-state index is -0.170. The Morgan fingerprint density at radius 2 is 2.24 bits per heavy atom. The van der Waals surface area contributed by atoms with Crippen LogP contribution in [0.5, 0.6) is 0 Å². The van der Waals surface area contributed by atoms with Crippen LogP contribution in [0.25, 0.3) is 0 Å². The zero-order chi connectivity index (χ0) is 11.7. The van der Waals surface area contributed by atoms with Crippen molar-refractivity contribution in [1.82, 2.24) is 9.97 Å². The van der Waals surface area contributed by atoms with Crippen LogP contribution in [-0.4, -0.2) is 9.97 Å². The van der Waals surface area contributed by atoms with Gasteiger partial charge in [0.1, 0.15) is 0 Å². The molecular formula is C13H13N3O. The van der Waals surface area contributed by atoms with Gasteiger partial charge in [0.2, 0.25) is 0 Å². The summed E-state index contributed by atoms with van der Waals surface area (Å²) in [5.41, 5.74) is 2.46. The number of H-pyrrole nitrogens is 1. The predicted molar refractivity (Wildman–Crippen MR) is 66.0 cm³/mol. The molecule has 1 heterocycles. The van der Waals surface area contributed by atoms with Gasteiger partial charge in [-0.1, -0.05) is 24.3 Å². The summed E-state index contributed by atoms with van der Waals surface area (Å²) in [6, 6.07) is 8.52. The summed E-state index contributed by atoms with van der Waals surface area (Å²) in [4.78, 5) is 18.2. The molecule has 1 aliphatic rings. The number of nitrogens with zero attached hydrogens (tertiary/aromatic N) is 1. The van der Waals surface area contributed by atoms with Crippen LogP contribution in [0.1, 0.15) is 23.6 Å². The van der Waals surface area contributed by atoms with Crippen molar-refractivity contribution in [3.8, 4) is 0 Å². The third-order valence-electron chi connectivity index (χ3n) is 3.15. The quantitative estimate of drug-likeness (QED) is 0.823. The van der Waals surface area contributed by atoms with E-state index >= 15 is 0 Å². The summed E-state index contributed by atoms with van der Waals surface area (Å²) < 4.78 is 0. The second-order valence-electron chi connectivity index (χ2n) is 4.20. The smallest absolute Gasteiger partial charge is 0.290 e. The topological polar surface area (TPSA) is 57.8 Å². The van der Waals surface area contributed by atoms with E-state index in [0.29, 0.717) is 5.82 Å². The second-order valence-corrected chi connectivity index (χ2v) is 4.20. The summed E-state index contributed by atoms with van der Waals surface area (Å²) in [7, 11) is 0. The lowest BCUT2D eigenvalue weighted by atomic mass is 10.1. The Hall–Kier alpha value is -2.10. The number of anilines is 1. The van der Waals surface area contributed by atoms with E-state index in [1.807, 2.05) is 6.07 Å². The standard InChI is InChI=1S/C13H13N3O/c17-13-12(14-7-8-15-13)16-11-6-5-9-3-1-2-4-10(9)11/h1-4,7-8,11H,5-6H2,(H,14,16)(H,15,17). The van der Waals surface area contributed by atoms with Crippen LogP contribution in [0, 0.1) is 0 Å². The molecule has 0 fully saturated rings. The van der Waals surface area contributed by atoms with Crippen LogP contribution in [0.4, 0.5) is 5.82 Å². The molecule has 0 saturated carbocycles. The zero-order valence-electron chi connectivity index (χ0n) is 9.31. The summed E-state index contributed by atoms with van der Waals surface area (Å²) in [5, 5.41) is 3.21. The van der Waals surface area contributed by atoms with Gasteiger partial charge in [-0.05, 0) is 24.0 Å². The third kappa shape index (κ3) is 1.82. The second kappa shape index (κ2) is 4.05. The maximum Gasteiger partial charge on any atom is 0.290 e. The molecule has 86 valence electrons. The highest BCUT2D eigenvalue weighted by atomic mass is 16.1. The van der Waals surface area contributed by atoms with Gasteiger partial charge in [0, 0.05) is 12.4 Å². The van der Waals surface area contributed by atoms with Gasteiger partial charge in [-0.25, -0.2) is 4.98 Å². The number of aromatic amines is 1. The van der Waals surface area contributed by atoms with Crippen molar-refractivity contribution in [2.24, 2.45) is 0 Å². The van der Waals surface area contributed by atoms with E-state index in [2.05, 4.69) is 33.5 Å². The van der Waals surface area contributed by atoms with Crippen molar-refractivity contribution in [1.29, 1.82) is 0 Å². The number of nitrogens with one attached hydrogen (secondary N) is 2. The minimum Gasteiger partial charge on any atom is -0.359 e. The van der Waals surface area contributed by atoms with Gasteiger partial charge in [-0.2, -0.15) is 0 Å². The lowest BCUT2D eigenvalue weighted by Crippen LogP contribution is -2.18. The first-order valence-electron chi connectivity index (χ1n) is 5.72. The highest BCUT2D eigenvalue weighted by Gasteiger charge is 2.22. The van der Waals surface area contributed by atoms with Crippen LogP contribution in [0.3, 0.4) is 0 Å². The van der Waals surface area contributed by atoms with Crippen LogP contribution in [0.2, 0.25) is 0 Å². The van der Waals surface area contributed by atoms with Gasteiger partial charge in [0.05, 0.1) is 6.04 Å². The van der Waals surface area contributed by atoms with Crippen molar-refractivity contribution in [2.45, 2.75) is 18.9 Å². The van der Waals surface area contributed by atoms with Crippen molar-refractivity contribution < 1.29 is 0 Å². The molecule has 2 N–H and O–H groups in total. The SMILES string of the molecule is O=c1[nH]ccnc1NC1CCc2ccccc21. The number of aromatic nitrogens is 2. The highest BCUT2D eigenvalue weighted by molar-refractivity contribution is 5.42. The van der Waals surface area contributed by atoms with E-state index in [4.69, 9.17) is 0 Å². The molecule has 17 heavy (non-hydrogen) atoms. The Balaban J connectivity index is 1.89. The lowest BCUT2D eigenvalue weighted by Gasteiger charge is -2.13. The molecule has 0 bridgehead atoms. The third-order valence-corrected chi connectivity index (χ3v) is 3.15. The molecule has 0 spiro atoms. The molecule has 0 amide bonds. The van der Waals surface area contributed by atoms with Crippen LogP contribution in [-0.2, 0) is 6.42 Å². The molecule has 1 aliphatic carbocycles. The number of fused-ring (bicyclic) bond motifs is 1. The van der Waals surface area contributed by atoms with E-state index in [1.165, 1.54) is 17.3 Å². The first-order chi connectivity index (χ1) is 8.34. The van der Waals surface area contributed by atoms with Crippen molar-refractivity contribution in [3.63, 3.8) is 0 Å². The maximum absolute atomic E-state index is 11.5. The number of hydrogen-bond donors (Lipinski definition) is 2. The first-order valence-corrected chi connectivity index (χ1v) is 5.72. The number of hydrogen-bond acceptors (Lipinski definition) is 3. The number of aryl methyl sites for hydroxylation is 1. The highest BCUT2D eigenvalue weighted by Crippen LogP contribution is 2.32. The van der Waals surface area contributed by atoms with Gasteiger partial charge in [-0.15, -0.1) is 0 Å². The van der Waals surface area contributed by atoms with Crippen molar-refractivity contribution >= 4 is 5.82 Å². The monoisotopic (exact) mass is 227 g/mol.